The first-order valence-electron chi connectivity index (χ1n) is 22.9. The van der Waals surface area contributed by atoms with Crippen molar-refractivity contribution in [2.24, 2.45) is 0 Å². The van der Waals surface area contributed by atoms with Crippen molar-refractivity contribution < 1.29 is 4.42 Å². The highest BCUT2D eigenvalue weighted by Gasteiger charge is 2.18. The van der Waals surface area contributed by atoms with E-state index in [-0.39, 0.29) is 0 Å². The molecule has 13 aromatic rings. The zero-order valence-electron chi connectivity index (χ0n) is 36.6. The van der Waals surface area contributed by atoms with Crippen LogP contribution in [-0.4, -0.2) is 4.57 Å². The second-order valence-corrected chi connectivity index (χ2v) is 17.3. The van der Waals surface area contributed by atoms with E-state index in [1.54, 1.807) is 0 Å². The Morgan fingerprint density at radius 2 is 0.806 bits per heavy atom. The number of anilines is 3. The molecule has 67 heavy (non-hydrogen) atoms. The summed E-state index contributed by atoms with van der Waals surface area (Å²) in [7, 11) is 0. The number of fused-ring (bicyclic) bond motifs is 7. The van der Waals surface area contributed by atoms with Gasteiger partial charge in [0.15, 0.2) is 0 Å². The highest BCUT2D eigenvalue weighted by molar-refractivity contribution is 6.12. The molecule has 2 aromatic heterocycles. The minimum Gasteiger partial charge on any atom is -0.456 e. The summed E-state index contributed by atoms with van der Waals surface area (Å²) in [5.74, 6) is 0. The predicted octanol–water partition coefficient (Wildman–Crippen LogP) is 18.0. The molecule has 0 aliphatic rings. The molecule has 0 radical (unpaired) electrons. The third-order valence-corrected chi connectivity index (χ3v) is 13.4. The van der Waals surface area contributed by atoms with Gasteiger partial charge in [0.2, 0.25) is 0 Å². The van der Waals surface area contributed by atoms with Gasteiger partial charge in [-0.25, -0.2) is 0 Å². The van der Waals surface area contributed by atoms with Crippen molar-refractivity contribution in [1.29, 1.82) is 0 Å². The van der Waals surface area contributed by atoms with Crippen molar-refractivity contribution in [2.75, 3.05) is 4.90 Å². The van der Waals surface area contributed by atoms with Crippen LogP contribution in [0.15, 0.2) is 259 Å². The molecule has 0 fully saturated rings. The molecule has 3 heteroatoms. The van der Waals surface area contributed by atoms with Crippen molar-refractivity contribution in [3.05, 3.63) is 255 Å². The van der Waals surface area contributed by atoms with Crippen LogP contribution < -0.4 is 4.90 Å². The molecular formula is C64H42N2O. The summed E-state index contributed by atoms with van der Waals surface area (Å²) in [4.78, 5) is 2.36. The van der Waals surface area contributed by atoms with E-state index in [1.807, 2.05) is 12.1 Å². The molecule has 2 heterocycles. The second-order valence-electron chi connectivity index (χ2n) is 17.3. The topological polar surface area (TPSA) is 21.3 Å². The SMILES string of the molecule is c1cc(-c2cccc3ccccc23)cc(N(c2ccc(-c3ccc(-c4cccc(-n5c6ccccc6c6ccccc65)c4)cc3)cc2)c2ccc(-c3cccc4oc5ccccc5c34)cc2)c1. The highest BCUT2D eigenvalue weighted by Crippen LogP contribution is 2.42. The summed E-state index contributed by atoms with van der Waals surface area (Å²) < 4.78 is 8.65. The van der Waals surface area contributed by atoms with Crippen LogP contribution in [-0.2, 0) is 0 Å². The highest BCUT2D eigenvalue weighted by atomic mass is 16.3. The Bertz CT molecular complexity index is 3910. The lowest BCUT2D eigenvalue weighted by Gasteiger charge is -2.26. The zero-order valence-corrected chi connectivity index (χ0v) is 36.6. The Hall–Kier alpha value is -8.92. The first-order chi connectivity index (χ1) is 33.2. The molecule has 0 N–H and O–H groups in total. The van der Waals surface area contributed by atoms with Gasteiger partial charge in [-0.2, -0.15) is 0 Å². The van der Waals surface area contributed by atoms with Crippen molar-refractivity contribution in [1.82, 2.24) is 4.57 Å². The van der Waals surface area contributed by atoms with Crippen LogP contribution in [0.3, 0.4) is 0 Å². The van der Waals surface area contributed by atoms with E-state index >= 15 is 0 Å². The fourth-order valence-corrected chi connectivity index (χ4v) is 10.2. The molecule has 0 aliphatic carbocycles. The summed E-state index contributed by atoms with van der Waals surface area (Å²) in [6.07, 6.45) is 0. The molecule has 13 rings (SSSR count). The first-order valence-corrected chi connectivity index (χ1v) is 22.9. The Kier molecular flexibility index (Phi) is 9.17. The van der Waals surface area contributed by atoms with Gasteiger partial charge in [-0.05, 0) is 128 Å². The average molecular weight is 855 g/mol. The van der Waals surface area contributed by atoms with Crippen LogP contribution in [0.2, 0.25) is 0 Å². The van der Waals surface area contributed by atoms with E-state index in [2.05, 4.69) is 252 Å². The average Bonchev–Trinajstić information content (AvgIpc) is 3.95. The summed E-state index contributed by atoms with van der Waals surface area (Å²) in [6.45, 7) is 0. The van der Waals surface area contributed by atoms with Gasteiger partial charge in [0.25, 0.3) is 0 Å². The molecule has 3 nitrogen and oxygen atoms in total. The van der Waals surface area contributed by atoms with Crippen LogP contribution in [0.1, 0.15) is 0 Å². The molecule has 0 bridgehead atoms. The van der Waals surface area contributed by atoms with E-state index in [0.29, 0.717) is 0 Å². The van der Waals surface area contributed by atoms with Gasteiger partial charge in [0, 0.05) is 44.3 Å². The van der Waals surface area contributed by atoms with E-state index < -0.39 is 0 Å². The Morgan fingerprint density at radius 3 is 1.54 bits per heavy atom. The monoisotopic (exact) mass is 854 g/mol. The fraction of sp³-hybridized carbons (Fsp3) is 0. The molecule has 0 saturated carbocycles. The predicted molar refractivity (Wildman–Crippen MR) is 282 cm³/mol. The van der Waals surface area contributed by atoms with E-state index in [0.717, 1.165) is 61.4 Å². The van der Waals surface area contributed by atoms with Gasteiger partial charge in [-0.3, -0.25) is 0 Å². The largest absolute Gasteiger partial charge is 0.456 e. The molecule has 0 saturated heterocycles. The van der Waals surface area contributed by atoms with E-state index in [1.165, 1.54) is 60.4 Å². The van der Waals surface area contributed by atoms with Crippen molar-refractivity contribution in [3.8, 4) is 50.2 Å². The summed E-state index contributed by atoms with van der Waals surface area (Å²) in [5.41, 5.74) is 18.0. The molecule has 0 spiro atoms. The third-order valence-electron chi connectivity index (χ3n) is 13.4. The lowest BCUT2D eigenvalue weighted by molar-refractivity contribution is 0.669. The maximum absolute atomic E-state index is 6.27. The van der Waals surface area contributed by atoms with Gasteiger partial charge in [0.1, 0.15) is 11.2 Å². The summed E-state index contributed by atoms with van der Waals surface area (Å²) >= 11 is 0. The van der Waals surface area contributed by atoms with Gasteiger partial charge in [0.05, 0.1) is 11.0 Å². The van der Waals surface area contributed by atoms with Gasteiger partial charge >= 0.3 is 0 Å². The lowest BCUT2D eigenvalue weighted by atomic mass is 9.97. The normalized spacial score (nSPS) is 11.6. The number of nitrogens with zero attached hydrogens (tertiary/aromatic N) is 2. The number of benzene rings is 11. The second kappa shape index (κ2) is 16.0. The van der Waals surface area contributed by atoms with Crippen LogP contribution in [0.25, 0.3) is 105 Å². The van der Waals surface area contributed by atoms with Crippen molar-refractivity contribution in [3.63, 3.8) is 0 Å². The Labute approximate surface area is 388 Å². The number of furan rings is 1. The van der Waals surface area contributed by atoms with Crippen molar-refractivity contribution >= 4 is 71.6 Å². The number of hydrogen-bond donors (Lipinski definition) is 0. The third kappa shape index (κ3) is 6.67. The Balaban J connectivity index is 0.853. The van der Waals surface area contributed by atoms with Crippen LogP contribution in [0.5, 0.6) is 0 Å². The molecule has 11 aromatic carbocycles. The smallest absolute Gasteiger partial charge is 0.136 e. The fourth-order valence-electron chi connectivity index (χ4n) is 10.2. The molecular weight excluding hydrogens is 813 g/mol. The van der Waals surface area contributed by atoms with Crippen molar-refractivity contribution in [2.45, 2.75) is 0 Å². The number of rotatable bonds is 8. The number of para-hydroxylation sites is 3. The Morgan fingerprint density at radius 1 is 0.299 bits per heavy atom. The number of hydrogen-bond acceptors (Lipinski definition) is 2. The molecule has 0 amide bonds. The maximum atomic E-state index is 6.27. The molecule has 314 valence electrons. The summed E-state index contributed by atoms with van der Waals surface area (Å²) in [5, 5.41) is 7.27. The van der Waals surface area contributed by atoms with Crippen LogP contribution in [0.4, 0.5) is 17.1 Å². The quantitative estimate of drug-likeness (QED) is 0.152. The first kappa shape index (κ1) is 38.5. The molecule has 0 unspecified atom stereocenters. The minimum atomic E-state index is 0.897. The summed E-state index contributed by atoms with van der Waals surface area (Å²) in [6, 6.07) is 91.9. The molecule has 0 aliphatic heterocycles. The maximum Gasteiger partial charge on any atom is 0.136 e. The molecule has 0 atom stereocenters. The standard InChI is InChI=1S/C64H42N2O/c1-2-19-54-46(13-1)14-11-23-55(54)49-16-10-17-52(42-49)65(51-39-35-47(36-40-51)56-24-12-28-63-64(56)59-22-5-8-27-62(59)67-63)50-37-33-44(34-38-50)43-29-31-45(32-30-43)48-15-9-18-53(41-48)66-60-25-6-3-20-57(60)58-21-4-7-26-61(58)66/h1-42H. The number of aromatic nitrogens is 1. The van der Waals surface area contributed by atoms with E-state index in [4.69, 9.17) is 4.42 Å². The zero-order chi connectivity index (χ0) is 44.3. The van der Waals surface area contributed by atoms with Crippen LogP contribution in [0, 0.1) is 0 Å². The van der Waals surface area contributed by atoms with Gasteiger partial charge in [-0.1, -0.05) is 182 Å². The lowest BCUT2D eigenvalue weighted by Crippen LogP contribution is -2.10. The van der Waals surface area contributed by atoms with Gasteiger partial charge < -0.3 is 13.9 Å². The van der Waals surface area contributed by atoms with Gasteiger partial charge in [-0.15, -0.1) is 0 Å². The minimum absolute atomic E-state index is 0.897. The van der Waals surface area contributed by atoms with E-state index in [9.17, 15) is 0 Å². The van der Waals surface area contributed by atoms with Crippen LogP contribution >= 0.6 is 0 Å².